The Morgan fingerprint density at radius 3 is 2.08 bits per heavy atom. The fraction of sp³-hybridized carbons (Fsp3) is 0. The summed E-state index contributed by atoms with van der Waals surface area (Å²) in [6, 6.07) is 0. The molecule has 6 heteroatoms. The number of carbonyl (C=O) groups is 3. The zero-order valence-corrected chi connectivity index (χ0v) is 6.39. The maximum Gasteiger partial charge on any atom is 0.372 e. The van der Waals surface area contributed by atoms with Crippen molar-refractivity contribution >= 4 is 17.9 Å². The van der Waals surface area contributed by atoms with Gasteiger partial charge in [-0.1, -0.05) is 6.58 Å². The van der Waals surface area contributed by atoms with Crippen molar-refractivity contribution in [3.05, 3.63) is 24.5 Å². The lowest BCUT2D eigenvalue weighted by Crippen LogP contribution is -2.11. The summed E-state index contributed by atoms with van der Waals surface area (Å²) in [7, 11) is 0. The first-order valence-electron chi connectivity index (χ1n) is 2.99. The Kier molecular flexibility index (Phi) is 3.94. The van der Waals surface area contributed by atoms with Crippen LogP contribution in [0.1, 0.15) is 0 Å². The van der Waals surface area contributed by atoms with Crippen LogP contribution in [0.5, 0.6) is 0 Å². The number of rotatable bonds is 4. The molecule has 0 fully saturated rings. The van der Waals surface area contributed by atoms with Crippen molar-refractivity contribution in [2.75, 3.05) is 0 Å². The summed E-state index contributed by atoms with van der Waals surface area (Å²) in [6.07, 6.45) is 0.988. The van der Waals surface area contributed by atoms with Crippen LogP contribution < -0.4 is 0 Å². The van der Waals surface area contributed by atoms with E-state index in [1.54, 1.807) is 0 Å². The molecule has 0 rings (SSSR count). The van der Waals surface area contributed by atoms with Crippen LogP contribution in [0, 0.1) is 0 Å². The molecule has 0 unspecified atom stereocenters. The zero-order chi connectivity index (χ0) is 10.4. The molecule has 70 valence electrons. The summed E-state index contributed by atoms with van der Waals surface area (Å²) >= 11 is 0. The number of carboxylic acids is 2. The molecule has 0 aromatic rings. The molecule has 0 aliphatic heterocycles. The van der Waals surface area contributed by atoms with Gasteiger partial charge in [0.15, 0.2) is 0 Å². The Balaban J connectivity index is 4.63. The van der Waals surface area contributed by atoms with Crippen LogP contribution in [0.4, 0.5) is 0 Å². The summed E-state index contributed by atoms with van der Waals surface area (Å²) < 4.78 is 4.10. The maximum absolute atomic E-state index is 10.5. The third-order valence-corrected chi connectivity index (χ3v) is 0.843. The van der Waals surface area contributed by atoms with Crippen molar-refractivity contribution in [3.8, 4) is 0 Å². The molecular formula is C7H6O6. The second kappa shape index (κ2) is 4.70. The monoisotopic (exact) mass is 186 g/mol. The minimum atomic E-state index is -1.64. The second-order valence-corrected chi connectivity index (χ2v) is 1.78. The molecule has 13 heavy (non-hydrogen) atoms. The number of hydrogen-bond donors (Lipinski definition) is 2. The Morgan fingerprint density at radius 2 is 1.77 bits per heavy atom. The van der Waals surface area contributed by atoms with Crippen LogP contribution in [0.15, 0.2) is 24.5 Å². The smallest absolute Gasteiger partial charge is 0.372 e. The standard InChI is InChI=1S/C7H6O6/c1-2-6(10)13-4(7(11)12)3-5(8)9/h2-3H,1H2,(H,8,9)(H,11,12)/b4-3+. The molecule has 0 radical (unpaired) electrons. The van der Waals surface area contributed by atoms with Crippen molar-refractivity contribution < 1.29 is 29.3 Å². The highest BCUT2D eigenvalue weighted by molar-refractivity contribution is 5.96. The highest BCUT2D eigenvalue weighted by atomic mass is 16.6. The van der Waals surface area contributed by atoms with Gasteiger partial charge in [0.05, 0.1) is 6.08 Å². The lowest BCUT2D eigenvalue weighted by atomic mass is 10.4. The Labute approximate surface area is 72.7 Å². The molecule has 0 spiro atoms. The fourth-order valence-corrected chi connectivity index (χ4v) is 0.397. The SMILES string of the molecule is C=CC(=O)O/C(=C/C(=O)O)C(=O)O. The number of esters is 1. The maximum atomic E-state index is 10.5. The van der Waals surface area contributed by atoms with Gasteiger partial charge in [0.1, 0.15) is 0 Å². The number of carbonyl (C=O) groups excluding carboxylic acids is 1. The normalized spacial score (nSPS) is 10.3. The molecule has 0 amide bonds. The van der Waals surface area contributed by atoms with Gasteiger partial charge in [0.25, 0.3) is 0 Å². The largest absolute Gasteiger partial charge is 0.478 e. The van der Waals surface area contributed by atoms with E-state index in [1.165, 1.54) is 0 Å². The average molecular weight is 186 g/mol. The predicted molar refractivity (Wildman–Crippen MR) is 39.6 cm³/mol. The van der Waals surface area contributed by atoms with Gasteiger partial charge >= 0.3 is 17.9 Å². The average Bonchev–Trinajstić information content (AvgIpc) is 2.02. The first-order valence-corrected chi connectivity index (χ1v) is 2.99. The summed E-state index contributed by atoms with van der Waals surface area (Å²) in [6.45, 7) is 3.01. The predicted octanol–water partition coefficient (Wildman–Crippen LogP) is -0.231. The van der Waals surface area contributed by atoms with Crippen LogP contribution in [0.2, 0.25) is 0 Å². The van der Waals surface area contributed by atoms with Crippen LogP contribution >= 0.6 is 0 Å². The quantitative estimate of drug-likeness (QED) is 0.357. The molecule has 0 heterocycles. The van der Waals surface area contributed by atoms with E-state index in [0.29, 0.717) is 0 Å². The second-order valence-electron chi connectivity index (χ2n) is 1.78. The molecule has 6 nitrogen and oxygen atoms in total. The number of ether oxygens (including phenoxy) is 1. The van der Waals surface area contributed by atoms with Crippen LogP contribution in [-0.2, 0) is 19.1 Å². The van der Waals surface area contributed by atoms with E-state index >= 15 is 0 Å². The Bertz CT molecular complexity index is 287. The zero-order valence-electron chi connectivity index (χ0n) is 6.39. The lowest BCUT2D eigenvalue weighted by molar-refractivity contribution is -0.145. The van der Waals surface area contributed by atoms with E-state index in [9.17, 15) is 14.4 Å². The lowest BCUT2D eigenvalue weighted by Gasteiger charge is -1.99. The van der Waals surface area contributed by atoms with E-state index in [4.69, 9.17) is 10.2 Å². The van der Waals surface area contributed by atoms with E-state index in [1.807, 2.05) is 0 Å². The summed E-state index contributed by atoms with van der Waals surface area (Å²) in [5.41, 5.74) is 0. The molecule has 0 saturated carbocycles. The molecule has 0 aliphatic carbocycles. The fourth-order valence-electron chi connectivity index (χ4n) is 0.397. The van der Waals surface area contributed by atoms with Crippen LogP contribution in [-0.4, -0.2) is 28.1 Å². The van der Waals surface area contributed by atoms with Crippen molar-refractivity contribution in [1.82, 2.24) is 0 Å². The topological polar surface area (TPSA) is 101 Å². The van der Waals surface area contributed by atoms with E-state index in [2.05, 4.69) is 11.3 Å². The van der Waals surface area contributed by atoms with Gasteiger partial charge in [-0.05, 0) is 0 Å². The van der Waals surface area contributed by atoms with Crippen molar-refractivity contribution in [2.45, 2.75) is 0 Å². The molecule has 0 aromatic carbocycles. The highest BCUT2D eigenvalue weighted by Crippen LogP contribution is 1.98. The minimum Gasteiger partial charge on any atom is -0.478 e. The van der Waals surface area contributed by atoms with Crippen LogP contribution in [0.3, 0.4) is 0 Å². The molecule has 0 saturated heterocycles. The Hall–Kier alpha value is -2.11. The molecule has 2 N–H and O–H groups in total. The summed E-state index contributed by atoms with van der Waals surface area (Å²) in [5, 5.41) is 16.5. The van der Waals surface area contributed by atoms with E-state index < -0.39 is 23.7 Å². The minimum absolute atomic E-state index is 0.268. The molecule has 0 bridgehead atoms. The number of hydrogen-bond acceptors (Lipinski definition) is 4. The number of aliphatic carboxylic acids is 2. The van der Waals surface area contributed by atoms with Crippen molar-refractivity contribution in [2.24, 2.45) is 0 Å². The van der Waals surface area contributed by atoms with Gasteiger partial charge in [0.2, 0.25) is 5.76 Å². The van der Waals surface area contributed by atoms with Crippen LogP contribution in [0.25, 0.3) is 0 Å². The molecular weight excluding hydrogens is 180 g/mol. The third kappa shape index (κ3) is 4.35. The summed E-state index contributed by atoms with van der Waals surface area (Å²) in [4.78, 5) is 30.7. The van der Waals surface area contributed by atoms with Gasteiger partial charge in [-0.3, -0.25) is 0 Å². The third-order valence-electron chi connectivity index (χ3n) is 0.843. The highest BCUT2D eigenvalue weighted by Gasteiger charge is 2.13. The van der Waals surface area contributed by atoms with Gasteiger partial charge in [-0.2, -0.15) is 0 Å². The first-order chi connectivity index (χ1) is 5.97. The van der Waals surface area contributed by atoms with Gasteiger partial charge in [-0.25, -0.2) is 14.4 Å². The molecule has 0 aromatic heterocycles. The molecule has 0 aliphatic rings. The van der Waals surface area contributed by atoms with Gasteiger partial charge < -0.3 is 14.9 Å². The van der Waals surface area contributed by atoms with Gasteiger partial charge in [-0.15, -0.1) is 0 Å². The Morgan fingerprint density at radius 1 is 1.23 bits per heavy atom. The van der Waals surface area contributed by atoms with Crippen molar-refractivity contribution in [1.29, 1.82) is 0 Å². The number of carboxylic acid groups (broad SMARTS) is 2. The summed E-state index contributed by atoms with van der Waals surface area (Å²) in [5.74, 6) is -5.15. The van der Waals surface area contributed by atoms with Crippen molar-refractivity contribution in [3.63, 3.8) is 0 Å². The van der Waals surface area contributed by atoms with Gasteiger partial charge in [0, 0.05) is 6.08 Å². The van der Waals surface area contributed by atoms with E-state index in [-0.39, 0.29) is 6.08 Å². The molecule has 0 atom stereocenters. The van der Waals surface area contributed by atoms with E-state index in [0.717, 1.165) is 6.08 Å². The first kappa shape index (κ1) is 10.9.